The van der Waals surface area contributed by atoms with Crippen LogP contribution in [0.4, 0.5) is 0 Å². The second-order valence-corrected chi connectivity index (χ2v) is 3.47. The molecule has 1 rings (SSSR count). The number of esters is 1. The lowest BCUT2D eigenvalue weighted by Gasteiger charge is -2.23. The number of carbonyl (C=O) groups is 1. The van der Waals surface area contributed by atoms with Crippen LogP contribution in [0.15, 0.2) is 30.3 Å². The number of ether oxygens (including phenoxy) is 1. The highest BCUT2D eigenvalue weighted by molar-refractivity contribution is 5.81. The number of aliphatic hydroxyl groups excluding tert-OH is 1. The molecule has 0 saturated carbocycles. The monoisotopic (exact) mass is 209 g/mol. The van der Waals surface area contributed by atoms with Crippen LogP contribution in [-0.4, -0.2) is 30.3 Å². The van der Waals surface area contributed by atoms with Crippen LogP contribution in [0.3, 0.4) is 0 Å². The Morgan fingerprint density at radius 1 is 1.47 bits per heavy atom. The predicted molar refractivity (Wildman–Crippen MR) is 56.2 cm³/mol. The van der Waals surface area contributed by atoms with Gasteiger partial charge in [0.05, 0.1) is 13.7 Å². The topological polar surface area (TPSA) is 72.5 Å². The minimum Gasteiger partial charge on any atom is -0.468 e. The van der Waals surface area contributed by atoms with Gasteiger partial charge in [-0.1, -0.05) is 30.3 Å². The van der Waals surface area contributed by atoms with Crippen molar-refractivity contribution in [1.29, 1.82) is 0 Å². The number of rotatable bonds is 4. The van der Waals surface area contributed by atoms with Crippen LogP contribution in [0.5, 0.6) is 0 Å². The first-order valence-corrected chi connectivity index (χ1v) is 4.64. The number of methoxy groups -OCH3 is 1. The fourth-order valence-electron chi connectivity index (χ4n) is 1.36. The van der Waals surface area contributed by atoms with E-state index in [9.17, 15) is 4.79 Å². The van der Waals surface area contributed by atoms with Gasteiger partial charge in [-0.25, -0.2) is 4.79 Å². The molecule has 0 fully saturated rings. The molecule has 1 unspecified atom stereocenters. The summed E-state index contributed by atoms with van der Waals surface area (Å²) in [5.74, 6) is -0.603. The van der Waals surface area contributed by atoms with Gasteiger partial charge in [0.15, 0.2) is 0 Å². The smallest absolute Gasteiger partial charge is 0.328 e. The van der Waals surface area contributed by atoms with Gasteiger partial charge in [-0.3, -0.25) is 0 Å². The van der Waals surface area contributed by atoms with Crippen LogP contribution < -0.4 is 5.73 Å². The van der Waals surface area contributed by atoms with Gasteiger partial charge in [0.25, 0.3) is 0 Å². The molecule has 0 saturated heterocycles. The highest BCUT2D eigenvalue weighted by Crippen LogP contribution is 2.12. The first-order valence-electron chi connectivity index (χ1n) is 4.64. The van der Waals surface area contributed by atoms with Crippen molar-refractivity contribution in [2.75, 3.05) is 13.7 Å². The number of hydrogen-bond donors (Lipinski definition) is 2. The Morgan fingerprint density at radius 3 is 2.53 bits per heavy atom. The van der Waals surface area contributed by atoms with Crippen LogP contribution in [0.2, 0.25) is 0 Å². The third-order valence-corrected chi connectivity index (χ3v) is 2.24. The SMILES string of the molecule is COC(=O)C(N)(CO)Cc1ccccc1. The average Bonchev–Trinajstić information content (AvgIpc) is 2.29. The molecule has 82 valence electrons. The Balaban J connectivity index is 2.81. The predicted octanol–water partition coefficient (Wildman–Crippen LogP) is 0.0919. The number of carbonyl (C=O) groups excluding carboxylic acids is 1. The van der Waals surface area contributed by atoms with E-state index in [0.29, 0.717) is 0 Å². The van der Waals surface area contributed by atoms with E-state index in [1.165, 1.54) is 7.11 Å². The second kappa shape index (κ2) is 4.91. The summed E-state index contributed by atoms with van der Waals surface area (Å²) in [6, 6.07) is 9.27. The summed E-state index contributed by atoms with van der Waals surface area (Å²) in [4.78, 5) is 11.4. The Hall–Kier alpha value is -1.39. The zero-order valence-corrected chi connectivity index (χ0v) is 8.64. The van der Waals surface area contributed by atoms with Crippen LogP contribution in [0.25, 0.3) is 0 Å². The van der Waals surface area contributed by atoms with E-state index in [0.717, 1.165) is 5.56 Å². The second-order valence-electron chi connectivity index (χ2n) is 3.47. The van der Waals surface area contributed by atoms with Gasteiger partial charge in [0.1, 0.15) is 5.54 Å². The number of aliphatic hydroxyl groups is 1. The molecule has 0 aliphatic heterocycles. The summed E-state index contributed by atoms with van der Waals surface area (Å²) in [6.07, 6.45) is 0.261. The number of hydrogen-bond acceptors (Lipinski definition) is 4. The number of benzene rings is 1. The van der Waals surface area contributed by atoms with E-state index in [2.05, 4.69) is 4.74 Å². The standard InChI is InChI=1S/C11H15NO3/c1-15-10(14)11(12,8-13)7-9-5-3-2-4-6-9/h2-6,13H,7-8,12H2,1H3. The Bertz CT molecular complexity index is 326. The third kappa shape index (κ3) is 2.78. The Morgan fingerprint density at radius 2 is 2.07 bits per heavy atom. The van der Waals surface area contributed by atoms with Gasteiger partial charge in [-0.15, -0.1) is 0 Å². The number of nitrogens with two attached hydrogens (primary N) is 1. The first-order chi connectivity index (χ1) is 7.12. The highest BCUT2D eigenvalue weighted by atomic mass is 16.5. The molecule has 0 radical (unpaired) electrons. The minimum absolute atomic E-state index is 0.261. The molecular formula is C11H15NO3. The zero-order valence-electron chi connectivity index (χ0n) is 8.64. The summed E-state index contributed by atoms with van der Waals surface area (Å²) in [6.45, 7) is -0.436. The molecule has 0 aliphatic carbocycles. The van der Waals surface area contributed by atoms with Gasteiger partial charge in [-0.05, 0) is 5.56 Å². The molecule has 4 nitrogen and oxygen atoms in total. The molecule has 0 aliphatic rings. The highest BCUT2D eigenvalue weighted by Gasteiger charge is 2.34. The quantitative estimate of drug-likeness (QED) is 0.689. The van der Waals surface area contributed by atoms with E-state index in [-0.39, 0.29) is 6.42 Å². The van der Waals surface area contributed by atoms with Crippen LogP contribution >= 0.6 is 0 Å². The minimum atomic E-state index is -1.35. The van der Waals surface area contributed by atoms with E-state index in [4.69, 9.17) is 10.8 Å². The normalized spacial score (nSPS) is 14.3. The molecule has 0 bridgehead atoms. The van der Waals surface area contributed by atoms with Crippen molar-refractivity contribution in [1.82, 2.24) is 0 Å². The largest absolute Gasteiger partial charge is 0.468 e. The summed E-state index contributed by atoms with van der Waals surface area (Å²) in [5, 5.41) is 9.12. The van der Waals surface area contributed by atoms with Crippen LogP contribution in [-0.2, 0) is 16.0 Å². The Kier molecular flexibility index (Phi) is 3.82. The van der Waals surface area contributed by atoms with Crippen molar-refractivity contribution in [2.24, 2.45) is 5.73 Å². The molecule has 1 aromatic rings. The van der Waals surface area contributed by atoms with Crippen molar-refractivity contribution in [3.63, 3.8) is 0 Å². The lowest BCUT2D eigenvalue weighted by Crippen LogP contribution is -2.53. The fourth-order valence-corrected chi connectivity index (χ4v) is 1.36. The first kappa shape index (κ1) is 11.7. The molecule has 4 heteroatoms. The summed E-state index contributed by atoms with van der Waals surface area (Å²) < 4.78 is 4.55. The van der Waals surface area contributed by atoms with E-state index in [1.807, 2.05) is 30.3 Å². The van der Waals surface area contributed by atoms with Crippen LogP contribution in [0.1, 0.15) is 5.56 Å². The fraction of sp³-hybridized carbons (Fsp3) is 0.364. The van der Waals surface area contributed by atoms with Crippen molar-refractivity contribution in [2.45, 2.75) is 12.0 Å². The molecule has 1 aromatic carbocycles. The summed E-state index contributed by atoms with van der Waals surface area (Å²) in [7, 11) is 1.25. The van der Waals surface area contributed by atoms with Crippen molar-refractivity contribution in [3.8, 4) is 0 Å². The lowest BCUT2D eigenvalue weighted by atomic mass is 9.93. The molecule has 0 heterocycles. The maximum atomic E-state index is 11.4. The molecular weight excluding hydrogens is 194 g/mol. The van der Waals surface area contributed by atoms with E-state index in [1.54, 1.807) is 0 Å². The van der Waals surface area contributed by atoms with Gasteiger partial charge >= 0.3 is 5.97 Å². The summed E-state index contributed by atoms with van der Waals surface area (Å²) >= 11 is 0. The van der Waals surface area contributed by atoms with Crippen molar-refractivity contribution >= 4 is 5.97 Å². The zero-order chi connectivity index (χ0) is 11.3. The average molecular weight is 209 g/mol. The maximum absolute atomic E-state index is 11.4. The van der Waals surface area contributed by atoms with Gasteiger partial charge in [-0.2, -0.15) is 0 Å². The van der Waals surface area contributed by atoms with Crippen molar-refractivity contribution in [3.05, 3.63) is 35.9 Å². The third-order valence-electron chi connectivity index (χ3n) is 2.24. The maximum Gasteiger partial charge on any atom is 0.328 e. The lowest BCUT2D eigenvalue weighted by molar-refractivity contribution is -0.148. The molecule has 15 heavy (non-hydrogen) atoms. The summed E-state index contributed by atoms with van der Waals surface area (Å²) in [5.41, 5.74) is 5.30. The van der Waals surface area contributed by atoms with Gasteiger partial charge in [0.2, 0.25) is 0 Å². The van der Waals surface area contributed by atoms with Crippen molar-refractivity contribution < 1.29 is 14.6 Å². The van der Waals surface area contributed by atoms with Gasteiger partial charge < -0.3 is 15.6 Å². The van der Waals surface area contributed by atoms with E-state index < -0.39 is 18.1 Å². The molecule has 0 amide bonds. The van der Waals surface area contributed by atoms with Gasteiger partial charge in [0, 0.05) is 6.42 Å². The van der Waals surface area contributed by atoms with E-state index >= 15 is 0 Å². The molecule has 0 aromatic heterocycles. The van der Waals surface area contributed by atoms with Crippen LogP contribution in [0, 0.1) is 0 Å². The molecule has 1 atom stereocenters. The molecule has 0 spiro atoms. The Labute approximate surface area is 88.7 Å². The molecule has 3 N–H and O–H groups in total.